The largest absolute Gasteiger partial charge is 0.310 e. The van der Waals surface area contributed by atoms with Gasteiger partial charge >= 0.3 is 0 Å². The third kappa shape index (κ3) is 7.54. The van der Waals surface area contributed by atoms with Crippen LogP contribution in [0.5, 0.6) is 0 Å². The van der Waals surface area contributed by atoms with Crippen LogP contribution in [0.1, 0.15) is 0 Å². The summed E-state index contributed by atoms with van der Waals surface area (Å²) in [5.74, 6) is -0.612. The molecule has 6 heteroatoms. The van der Waals surface area contributed by atoms with Crippen LogP contribution in [0.3, 0.4) is 0 Å². The summed E-state index contributed by atoms with van der Waals surface area (Å²) in [4.78, 5) is 4.59. The summed E-state index contributed by atoms with van der Waals surface area (Å²) in [5, 5.41) is 6.57. The summed E-state index contributed by atoms with van der Waals surface area (Å²) in [5.41, 5.74) is 13.2. The first kappa shape index (κ1) is 42.6. The van der Waals surface area contributed by atoms with E-state index in [4.69, 9.17) is 0 Å². The molecule has 0 atom stereocenters. The Bertz CT molecular complexity index is 3840. The topological polar surface area (TPSA) is 16.3 Å². The molecule has 11 aromatic carbocycles. The normalized spacial score (nSPS) is 11.5. The highest BCUT2D eigenvalue weighted by molar-refractivity contribution is 6.04. The SMILES string of the molecule is Fc1cccc(-c2cc3cc4c(cc(-c5cccc(F)c5)n4-c4ccc(N(c5ccccc5)c5cccc6ccccc56)cc4)cc3n2-c2ccc(N(c3ccccc3)c3cccc4ccccc34)cc2)c1. The number of nitrogens with zero attached hydrogens (tertiary/aromatic N) is 4. The van der Waals surface area contributed by atoms with Gasteiger partial charge in [-0.1, -0.05) is 133 Å². The van der Waals surface area contributed by atoms with Crippen LogP contribution in [-0.2, 0) is 0 Å². The van der Waals surface area contributed by atoms with E-state index in [-0.39, 0.29) is 11.6 Å². The average molecular weight is 931 g/mol. The second-order valence-corrected chi connectivity index (χ2v) is 18.1. The van der Waals surface area contributed by atoms with E-state index in [1.54, 1.807) is 24.3 Å². The Labute approximate surface area is 415 Å². The van der Waals surface area contributed by atoms with Gasteiger partial charge in [0.25, 0.3) is 0 Å². The summed E-state index contributed by atoms with van der Waals surface area (Å²) in [6, 6.07) is 90.1. The van der Waals surface area contributed by atoms with Gasteiger partial charge in [-0.2, -0.15) is 0 Å². The van der Waals surface area contributed by atoms with E-state index >= 15 is 8.78 Å². The maximum Gasteiger partial charge on any atom is 0.123 e. The minimum atomic E-state index is -0.306. The van der Waals surface area contributed by atoms with Crippen molar-refractivity contribution < 1.29 is 8.78 Å². The third-order valence-corrected chi connectivity index (χ3v) is 13.7. The number of para-hydroxylation sites is 2. The Morgan fingerprint density at radius 3 is 1.06 bits per heavy atom. The molecule has 342 valence electrons. The van der Waals surface area contributed by atoms with Gasteiger partial charge in [-0.05, 0) is 144 Å². The molecular weight excluding hydrogens is 887 g/mol. The zero-order valence-corrected chi connectivity index (χ0v) is 38.9. The Hall–Kier alpha value is -9.52. The predicted octanol–water partition coefficient (Wildman–Crippen LogP) is 18.4. The summed E-state index contributed by atoms with van der Waals surface area (Å²) >= 11 is 0. The Morgan fingerprint density at radius 1 is 0.278 bits per heavy atom. The Morgan fingerprint density at radius 2 is 0.639 bits per heavy atom. The van der Waals surface area contributed by atoms with Crippen LogP contribution in [0, 0.1) is 11.6 Å². The third-order valence-electron chi connectivity index (χ3n) is 13.7. The van der Waals surface area contributed by atoms with Gasteiger partial charge in [0.2, 0.25) is 0 Å². The molecule has 13 rings (SSSR count). The first-order valence-corrected chi connectivity index (χ1v) is 24.1. The quantitative estimate of drug-likeness (QED) is 0.136. The van der Waals surface area contributed by atoms with Crippen LogP contribution < -0.4 is 9.80 Å². The van der Waals surface area contributed by atoms with Gasteiger partial charge in [-0.15, -0.1) is 0 Å². The van der Waals surface area contributed by atoms with E-state index < -0.39 is 0 Å². The van der Waals surface area contributed by atoms with Crippen molar-refractivity contribution >= 4 is 77.5 Å². The molecule has 0 spiro atoms. The van der Waals surface area contributed by atoms with Gasteiger partial charge < -0.3 is 18.9 Å². The fraction of sp³-hybridized carbons (Fsp3) is 0. The van der Waals surface area contributed by atoms with Crippen molar-refractivity contribution in [3.8, 4) is 33.9 Å². The first-order chi connectivity index (χ1) is 35.5. The summed E-state index contributed by atoms with van der Waals surface area (Å²) in [7, 11) is 0. The number of halogens is 2. The van der Waals surface area contributed by atoms with E-state index in [9.17, 15) is 0 Å². The lowest BCUT2D eigenvalue weighted by Crippen LogP contribution is -2.10. The maximum atomic E-state index is 15.2. The van der Waals surface area contributed by atoms with E-state index in [2.05, 4.69) is 225 Å². The number of aromatic nitrogens is 2. The molecule has 0 aliphatic carbocycles. The van der Waals surface area contributed by atoms with Crippen molar-refractivity contribution in [2.24, 2.45) is 0 Å². The Kier molecular flexibility index (Phi) is 10.5. The maximum absolute atomic E-state index is 15.2. The molecule has 4 nitrogen and oxygen atoms in total. The van der Waals surface area contributed by atoms with Gasteiger partial charge in [0.15, 0.2) is 0 Å². The molecule has 72 heavy (non-hydrogen) atoms. The Balaban J connectivity index is 0.975. The van der Waals surface area contributed by atoms with E-state index in [1.807, 2.05) is 24.3 Å². The monoisotopic (exact) mass is 930 g/mol. The summed E-state index contributed by atoms with van der Waals surface area (Å²) in [6.07, 6.45) is 0. The predicted molar refractivity (Wildman–Crippen MR) is 295 cm³/mol. The molecule has 2 aromatic heterocycles. The van der Waals surface area contributed by atoms with Crippen LogP contribution >= 0.6 is 0 Å². The number of benzene rings is 11. The molecule has 0 unspecified atom stereocenters. The van der Waals surface area contributed by atoms with Crippen LogP contribution in [0.2, 0.25) is 0 Å². The van der Waals surface area contributed by atoms with Crippen molar-refractivity contribution in [1.29, 1.82) is 0 Å². The molecule has 0 fully saturated rings. The minimum Gasteiger partial charge on any atom is -0.310 e. The molecule has 0 bridgehead atoms. The second kappa shape index (κ2) is 17.8. The highest BCUT2D eigenvalue weighted by Gasteiger charge is 2.22. The second-order valence-electron chi connectivity index (χ2n) is 18.1. The molecule has 0 aliphatic rings. The molecule has 0 saturated heterocycles. The molecule has 0 saturated carbocycles. The fourth-order valence-electron chi connectivity index (χ4n) is 10.5. The van der Waals surface area contributed by atoms with Crippen molar-refractivity contribution in [2.75, 3.05) is 9.80 Å². The average Bonchev–Trinajstić information content (AvgIpc) is 4.00. The molecule has 0 radical (unpaired) electrons. The van der Waals surface area contributed by atoms with Gasteiger partial charge in [0.05, 0.1) is 33.8 Å². The van der Waals surface area contributed by atoms with E-state index in [0.717, 1.165) is 111 Å². The lowest BCUT2D eigenvalue weighted by molar-refractivity contribution is 0.628. The van der Waals surface area contributed by atoms with Crippen LogP contribution in [0.4, 0.5) is 42.9 Å². The molecule has 0 N–H and O–H groups in total. The smallest absolute Gasteiger partial charge is 0.123 e. The minimum absolute atomic E-state index is 0.306. The van der Waals surface area contributed by atoms with Crippen molar-refractivity contribution in [3.63, 3.8) is 0 Å². The van der Waals surface area contributed by atoms with Crippen molar-refractivity contribution in [3.05, 3.63) is 279 Å². The molecule has 2 heterocycles. The first-order valence-electron chi connectivity index (χ1n) is 24.1. The molecular formula is C66H44F2N4. The van der Waals surface area contributed by atoms with Gasteiger partial charge in [-0.25, -0.2) is 8.78 Å². The van der Waals surface area contributed by atoms with Crippen molar-refractivity contribution in [1.82, 2.24) is 9.13 Å². The fourth-order valence-corrected chi connectivity index (χ4v) is 10.5. The zero-order valence-electron chi connectivity index (χ0n) is 38.9. The van der Waals surface area contributed by atoms with Crippen LogP contribution in [0.25, 0.3) is 77.2 Å². The lowest BCUT2D eigenvalue weighted by Gasteiger charge is -2.27. The molecule has 0 amide bonds. The number of anilines is 6. The number of fused-ring (bicyclic) bond motifs is 4. The van der Waals surface area contributed by atoms with Gasteiger partial charge in [-0.3, -0.25) is 0 Å². The number of rotatable bonds is 10. The van der Waals surface area contributed by atoms with Crippen LogP contribution in [0.15, 0.2) is 267 Å². The standard InChI is InChI=1S/C66H44F2N4/c67-51-21-11-19-47(39-51)63-41-49-44-66-50(43-65(49)71(63)57-35-31-55(32-36-57)69(53-23-3-1-4-24-53)61-29-13-17-45-15-7-9-27-59(45)61)42-64(48-20-12-22-52(68)40-48)72(66)58-37-33-56(34-38-58)70(54-25-5-2-6-26-54)62-30-14-18-46-16-8-10-28-60(46)62/h1-44H. The lowest BCUT2D eigenvalue weighted by atomic mass is 10.1. The highest BCUT2D eigenvalue weighted by Crippen LogP contribution is 2.43. The van der Waals surface area contributed by atoms with Gasteiger partial charge in [0.1, 0.15) is 11.6 Å². The number of hydrogen-bond donors (Lipinski definition) is 0. The van der Waals surface area contributed by atoms with Crippen molar-refractivity contribution in [2.45, 2.75) is 0 Å². The van der Waals surface area contributed by atoms with E-state index in [0.29, 0.717) is 0 Å². The molecule has 13 aromatic rings. The van der Waals surface area contributed by atoms with Crippen LogP contribution in [-0.4, -0.2) is 9.13 Å². The molecule has 0 aliphatic heterocycles. The summed E-state index contributed by atoms with van der Waals surface area (Å²) < 4.78 is 34.8. The zero-order chi connectivity index (χ0) is 48.1. The van der Waals surface area contributed by atoms with Gasteiger partial charge in [0, 0.05) is 66.8 Å². The summed E-state index contributed by atoms with van der Waals surface area (Å²) in [6.45, 7) is 0. The van der Waals surface area contributed by atoms with E-state index in [1.165, 1.54) is 12.1 Å². The number of hydrogen-bond acceptors (Lipinski definition) is 2. The highest BCUT2D eigenvalue weighted by atomic mass is 19.1.